The molecular weight excluding hydrogens is 349 g/mol. The molecule has 124 valence electrons. The van der Waals surface area contributed by atoms with Gasteiger partial charge in [-0.15, -0.1) is 0 Å². The summed E-state index contributed by atoms with van der Waals surface area (Å²) in [5, 5.41) is 3.61. The van der Waals surface area contributed by atoms with E-state index in [9.17, 15) is 8.60 Å². The molecule has 24 heavy (non-hydrogen) atoms. The van der Waals surface area contributed by atoms with Crippen LogP contribution in [0.25, 0.3) is 5.69 Å². The molecule has 1 N–H and O–H groups in total. The SMILES string of the molecule is CNCc1cc(S(=O)c2cccnc2)n(-c2ccccc2Cl)c1F. The van der Waals surface area contributed by atoms with E-state index in [4.69, 9.17) is 11.6 Å². The molecule has 2 aromatic heterocycles. The van der Waals surface area contributed by atoms with Gasteiger partial charge in [-0.1, -0.05) is 23.7 Å². The van der Waals surface area contributed by atoms with E-state index in [1.165, 1.54) is 10.8 Å². The molecule has 0 amide bonds. The average molecular weight is 364 g/mol. The Hall–Kier alpha value is -2.02. The number of nitrogens with zero attached hydrogens (tertiary/aromatic N) is 2. The van der Waals surface area contributed by atoms with E-state index in [0.717, 1.165) is 0 Å². The number of hydrogen-bond donors (Lipinski definition) is 1. The van der Waals surface area contributed by atoms with Gasteiger partial charge in [0.05, 0.1) is 15.6 Å². The van der Waals surface area contributed by atoms with E-state index in [2.05, 4.69) is 10.3 Å². The summed E-state index contributed by atoms with van der Waals surface area (Å²) >= 11 is 6.23. The standard InChI is InChI=1S/C17H15ClFN3OS/c1-20-10-12-9-16(24(23)13-5-4-8-21-11-13)22(17(12)19)15-7-3-2-6-14(15)18/h2-9,11,20H,10H2,1H3. The summed E-state index contributed by atoms with van der Waals surface area (Å²) in [6.07, 6.45) is 3.11. The van der Waals surface area contributed by atoms with Crippen LogP contribution < -0.4 is 5.32 Å². The fraction of sp³-hybridized carbons (Fsp3) is 0.118. The number of para-hydroxylation sites is 1. The molecule has 0 fully saturated rings. The van der Waals surface area contributed by atoms with Crippen molar-refractivity contribution >= 4 is 22.4 Å². The Kier molecular flexibility index (Phi) is 5.08. The van der Waals surface area contributed by atoms with Gasteiger partial charge in [0.1, 0.15) is 15.8 Å². The van der Waals surface area contributed by atoms with E-state index in [1.54, 1.807) is 55.7 Å². The molecule has 0 aliphatic heterocycles. The Morgan fingerprint density at radius 2 is 2.08 bits per heavy atom. The zero-order valence-electron chi connectivity index (χ0n) is 12.9. The minimum absolute atomic E-state index is 0.318. The molecule has 0 bridgehead atoms. The predicted molar refractivity (Wildman–Crippen MR) is 92.4 cm³/mol. The molecule has 4 nitrogen and oxygen atoms in total. The number of benzene rings is 1. The summed E-state index contributed by atoms with van der Waals surface area (Å²) < 4.78 is 29.2. The van der Waals surface area contributed by atoms with Gasteiger partial charge < -0.3 is 5.32 Å². The summed E-state index contributed by atoms with van der Waals surface area (Å²) in [7, 11) is 0.140. The summed E-state index contributed by atoms with van der Waals surface area (Å²) in [6, 6.07) is 11.9. The van der Waals surface area contributed by atoms with Crippen LogP contribution in [0.4, 0.5) is 4.39 Å². The molecule has 0 aliphatic rings. The number of pyridine rings is 1. The molecule has 0 radical (unpaired) electrons. The van der Waals surface area contributed by atoms with Crippen LogP contribution in [0.2, 0.25) is 5.02 Å². The second-order valence-corrected chi connectivity index (χ2v) is 6.91. The molecule has 2 heterocycles. The van der Waals surface area contributed by atoms with Gasteiger partial charge >= 0.3 is 0 Å². The number of rotatable bonds is 5. The topological polar surface area (TPSA) is 46.9 Å². The van der Waals surface area contributed by atoms with Gasteiger partial charge in [-0.25, -0.2) is 4.21 Å². The van der Waals surface area contributed by atoms with Crippen molar-refractivity contribution in [2.45, 2.75) is 16.5 Å². The molecule has 0 spiro atoms. The van der Waals surface area contributed by atoms with E-state index >= 15 is 0 Å². The van der Waals surface area contributed by atoms with Crippen molar-refractivity contribution in [1.29, 1.82) is 0 Å². The monoisotopic (exact) mass is 363 g/mol. The van der Waals surface area contributed by atoms with Gasteiger partial charge in [-0.3, -0.25) is 9.55 Å². The van der Waals surface area contributed by atoms with Gasteiger partial charge in [0.25, 0.3) is 0 Å². The fourth-order valence-corrected chi connectivity index (χ4v) is 3.81. The molecule has 0 aliphatic carbocycles. The molecule has 1 aromatic carbocycles. The minimum atomic E-state index is -1.59. The Morgan fingerprint density at radius 1 is 1.29 bits per heavy atom. The smallest absolute Gasteiger partial charge is 0.203 e. The molecule has 1 unspecified atom stereocenters. The zero-order valence-corrected chi connectivity index (χ0v) is 14.4. The van der Waals surface area contributed by atoms with Gasteiger partial charge in [-0.2, -0.15) is 4.39 Å². The van der Waals surface area contributed by atoms with Crippen molar-refractivity contribution in [1.82, 2.24) is 14.9 Å². The van der Waals surface area contributed by atoms with Crippen LogP contribution in [0.1, 0.15) is 5.56 Å². The molecule has 0 saturated heterocycles. The third-order valence-electron chi connectivity index (χ3n) is 3.48. The van der Waals surface area contributed by atoms with Crippen LogP contribution in [-0.2, 0) is 17.3 Å². The predicted octanol–water partition coefficient (Wildman–Crippen LogP) is 3.55. The largest absolute Gasteiger partial charge is 0.316 e. The molecule has 1 atom stereocenters. The Labute approximate surface area is 146 Å². The third kappa shape index (κ3) is 3.13. The number of halogens is 2. The lowest BCUT2D eigenvalue weighted by Gasteiger charge is -2.11. The van der Waals surface area contributed by atoms with Crippen molar-refractivity contribution in [2.24, 2.45) is 0 Å². The first-order valence-electron chi connectivity index (χ1n) is 7.25. The van der Waals surface area contributed by atoms with Crippen LogP contribution in [0.3, 0.4) is 0 Å². The van der Waals surface area contributed by atoms with E-state index in [0.29, 0.717) is 32.7 Å². The first-order valence-corrected chi connectivity index (χ1v) is 8.77. The Morgan fingerprint density at radius 3 is 2.75 bits per heavy atom. The second kappa shape index (κ2) is 7.25. The molecule has 0 saturated carbocycles. The molecule has 3 rings (SSSR count). The van der Waals surface area contributed by atoms with Gasteiger partial charge in [0.15, 0.2) is 0 Å². The van der Waals surface area contributed by atoms with Crippen molar-refractivity contribution in [3.63, 3.8) is 0 Å². The van der Waals surface area contributed by atoms with Crippen LogP contribution >= 0.6 is 11.6 Å². The van der Waals surface area contributed by atoms with Crippen LogP contribution in [0, 0.1) is 5.95 Å². The second-order valence-electron chi connectivity index (χ2n) is 5.07. The highest BCUT2D eigenvalue weighted by atomic mass is 35.5. The van der Waals surface area contributed by atoms with E-state index < -0.39 is 16.7 Å². The maximum Gasteiger partial charge on any atom is 0.203 e. The molecular formula is C17H15ClFN3OS. The van der Waals surface area contributed by atoms with Gasteiger partial charge in [-0.05, 0) is 37.4 Å². The highest BCUT2D eigenvalue weighted by molar-refractivity contribution is 7.85. The van der Waals surface area contributed by atoms with E-state index in [-0.39, 0.29) is 0 Å². The Bertz CT molecular complexity index is 883. The normalized spacial score (nSPS) is 12.3. The fourth-order valence-electron chi connectivity index (χ4n) is 2.40. The first-order chi connectivity index (χ1) is 11.6. The lowest BCUT2D eigenvalue weighted by Crippen LogP contribution is -2.08. The van der Waals surface area contributed by atoms with Crippen molar-refractivity contribution in [2.75, 3.05) is 7.05 Å². The highest BCUT2D eigenvalue weighted by Crippen LogP contribution is 2.29. The summed E-state index contributed by atoms with van der Waals surface area (Å²) in [5.41, 5.74) is 0.871. The first kappa shape index (κ1) is 16.8. The average Bonchev–Trinajstić information content (AvgIpc) is 2.92. The molecule has 3 aromatic rings. The zero-order chi connectivity index (χ0) is 17.1. The lowest BCUT2D eigenvalue weighted by molar-refractivity contribution is 0.529. The summed E-state index contributed by atoms with van der Waals surface area (Å²) in [5.74, 6) is -0.482. The minimum Gasteiger partial charge on any atom is -0.316 e. The number of aromatic nitrogens is 2. The van der Waals surface area contributed by atoms with E-state index in [1.807, 2.05) is 0 Å². The quantitative estimate of drug-likeness (QED) is 0.754. The summed E-state index contributed by atoms with van der Waals surface area (Å²) in [6.45, 7) is 0.320. The van der Waals surface area contributed by atoms with Gasteiger partial charge in [0, 0.05) is 24.5 Å². The summed E-state index contributed by atoms with van der Waals surface area (Å²) in [4.78, 5) is 4.48. The lowest BCUT2D eigenvalue weighted by atomic mass is 10.3. The molecule has 7 heteroatoms. The van der Waals surface area contributed by atoms with Crippen molar-refractivity contribution in [3.05, 3.63) is 71.4 Å². The maximum absolute atomic E-state index is 14.9. The maximum atomic E-state index is 14.9. The van der Waals surface area contributed by atoms with Crippen LogP contribution in [-0.4, -0.2) is 20.8 Å². The van der Waals surface area contributed by atoms with Crippen molar-refractivity contribution < 1.29 is 8.60 Å². The van der Waals surface area contributed by atoms with Crippen LogP contribution in [0.15, 0.2) is 64.8 Å². The van der Waals surface area contributed by atoms with Crippen molar-refractivity contribution in [3.8, 4) is 5.69 Å². The van der Waals surface area contributed by atoms with Gasteiger partial charge in [0.2, 0.25) is 5.95 Å². The number of nitrogens with one attached hydrogen (secondary N) is 1. The number of hydrogen-bond acceptors (Lipinski definition) is 3. The van der Waals surface area contributed by atoms with Crippen LogP contribution in [0.5, 0.6) is 0 Å². The Balaban J connectivity index is 2.20. The third-order valence-corrected chi connectivity index (χ3v) is 5.15. The highest BCUT2D eigenvalue weighted by Gasteiger charge is 2.22.